The fourth-order valence-corrected chi connectivity index (χ4v) is 3.85. The number of hydrogen-bond acceptors (Lipinski definition) is 4. The lowest BCUT2D eigenvalue weighted by Crippen LogP contribution is -2.59. The van der Waals surface area contributed by atoms with E-state index in [1.165, 1.54) is 13.0 Å². The van der Waals surface area contributed by atoms with Gasteiger partial charge in [-0.25, -0.2) is 0 Å². The van der Waals surface area contributed by atoms with Crippen LogP contribution in [0.4, 0.5) is 0 Å². The van der Waals surface area contributed by atoms with Crippen LogP contribution in [0, 0.1) is 5.41 Å². The molecule has 2 aliphatic heterocycles. The highest BCUT2D eigenvalue weighted by molar-refractivity contribution is 7.10. The van der Waals surface area contributed by atoms with E-state index in [2.05, 4.69) is 18.7 Å². The molecule has 0 radical (unpaired) electrons. The Balaban J connectivity index is 0.000000595. The van der Waals surface area contributed by atoms with Crippen molar-refractivity contribution in [2.75, 3.05) is 26.2 Å². The molecule has 6 heteroatoms. The predicted molar refractivity (Wildman–Crippen MR) is 92.4 cm³/mol. The molecule has 0 saturated carbocycles. The van der Waals surface area contributed by atoms with Gasteiger partial charge in [0.05, 0.1) is 0 Å². The standard InChI is InChI=1S/C16H22N2OS.CH2O2/c1-13(2)17-8-7-16(10-17)11-18(12-16)15(19)6-5-14-4-3-9-20-14;2-1-3/h3-6,9,13H,7-8,10-12H2,1-2H3;1H,(H,2,3)/b6-5+;. The van der Waals surface area contributed by atoms with Gasteiger partial charge >= 0.3 is 0 Å². The van der Waals surface area contributed by atoms with Crippen molar-refractivity contribution in [3.8, 4) is 0 Å². The molecule has 126 valence electrons. The summed E-state index contributed by atoms with van der Waals surface area (Å²) in [6.07, 6.45) is 4.88. The Labute approximate surface area is 141 Å². The summed E-state index contributed by atoms with van der Waals surface area (Å²) in [5.41, 5.74) is 0.386. The van der Waals surface area contributed by atoms with Gasteiger partial charge in [-0.2, -0.15) is 0 Å². The Morgan fingerprint density at radius 1 is 1.39 bits per heavy atom. The number of carbonyl (C=O) groups is 2. The maximum Gasteiger partial charge on any atom is 0.290 e. The van der Waals surface area contributed by atoms with E-state index < -0.39 is 0 Å². The van der Waals surface area contributed by atoms with Crippen molar-refractivity contribution < 1.29 is 14.7 Å². The fourth-order valence-electron chi connectivity index (χ4n) is 3.23. The highest BCUT2D eigenvalue weighted by Crippen LogP contribution is 2.40. The first-order chi connectivity index (χ1) is 11.0. The molecule has 3 heterocycles. The van der Waals surface area contributed by atoms with Crippen molar-refractivity contribution in [3.63, 3.8) is 0 Å². The molecule has 0 unspecified atom stereocenters. The second-order valence-corrected chi connectivity index (χ2v) is 7.44. The summed E-state index contributed by atoms with van der Waals surface area (Å²) in [5, 5.41) is 8.92. The van der Waals surface area contributed by atoms with E-state index in [4.69, 9.17) is 9.90 Å². The minimum atomic E-state index is -0.250. The molecule has 0 aromatic carbocycles. The molecule has 2 fully saturated rings. The van der Waals surface area contributed by atoms with Gasteiger partial charge in [0, 0.05) is 42.0 Å². The molecule has 0 atom stereocenters. The molecule has 3 rings (SSSR count). The molecule has 0 aliphatic carbocycles. The SMILES string of the molecule is CC(C)N1CCC2(CN(C(=O)/C=C/c3cccs3)C2)C1.O=CO. The van der Waals surface area contributed by atoms with Gasteiger partial charge in [-0.05, 0) is 44.3 Å². The molecule has 1 spiro atoms. The Bertz CT molecular complexity index is 548. The molecule has 1 aromatic heterocycles. The van der Waals surface area contributed by atoms with Gasteiger partial charge in [0.25, 0.3) is 6.47 Å². The third-order valence-corrected chi connectivity index (χ3v) is 5.33. The highest BCUT2D eigenvalue weighted by atomic mass is 32.1. The smallest absolute Gasteiger partial charge is 0.290 e. The van der Waals surface area contributed by atoms with Crippen LogP contribution in [0.1, 0.15) is 25.1 Å². The third-order valence-electron chi connectivity index (χ3n) is 4.50. The van der Waals surface area contributed by atoms with Gasteiger partial charge in [-0.15, -0.1) is 11.3 Å². The topological polar surface area (TPSA) is 60.9 Å². The van der Waals surface area contributed by atoms with Crippen LogP contribution in [0.3, 0.4) is 0 Å². The van der Waals surface area contributed by atoms with Crippen molar-refractivity contribution >= 4 is 29.8 Å². The molecule has 2 saturated heterocycles. The maximum absolute atomic E-state index is 12.1. The normalized spacial score (nSPS) is 19.7. The zero-order valence-corrected chi connectivity index (χ0v) is 14.5. The minimum absolute atomic E-state index is 0.159. The van der Waals surface area contributed by atoms with Gasteiger partial charge in [0.1, 0.15) is 0 Å². The zero-order chi connectivity index (χ0) is 16.9. The van der Waals surface area contributed by atoms with Crippen molar-refractivity contribution in [3.05, 3.63) is 28.5 Å². The van der Waals surface area contributed by atoms with E-state index in [1.54, 1.807) is 17.4 Å². The Morgan fingerprint density at radius 2 is 2.09 bits per heavy atom. The van der Waals surface area contributed by atoms with Crippen LogP contribution in [0.2, 0.25) is 0 Å². The Morgan fingerprint density at radius 3 is 2.61 bits per heavy atom. The van der Waals surface area contributed by atoms with E-state index in [9.17, 15) is 4.79 Å². The van der Waals surface area contributed by atoms with Crippen molar-refractivity contribution in [1.29, 1.82) is 0 Å². The summed E-state index contributed by atoms with van der Waals surface area (Å²) in [6.45, 7) is 8.47. The summed E-state index contributed by atoms with van der Waals surface area (Å²) >= 11 is 1.66. The summed E-state index contributed by atoms with van der Waals surface area (Å²) in [6, 6.07) is 4.66. The molecule has 1 aromatic rings. The number of likely N-dealkylation sites (tertiary alicyclic amines) is 2. The van der Waals surface area contributed by atoms with Crippen LogP contribution in [0.15, 0.2) is 23.6 Å². The fraction of sp³-hybridized carbons (Fsp3) is 0.529. The summed E-state index contributed by atoms with van der Waals surface area (Å²) in [5.74, 6) is 0.159. The first-order valence-corrected chi connectivity index (χ1v) is 8.70. The Kier molecular flexibility index (Phi) is 5.96. The second kappa shape index (κ2) is 7.75. The number of rotatable bonds is 3. The van der Waals surface area contributed by atoms with Crippen LogP contribution in [-0.2, 0) is 9.59 Å². The minimum Gasteiger partial charge on any atom is -0.483 e. The van der Waals surface area contributed by atoms with Gasteiger partial charge in [0.15, 0.2) is 0 Å². The van der Waals surface area contributed by atoms with Crippen molar-refractivity contribution in [1.82, 2.24) is 9.80 Å². The molecule has 2 aliphatic rings. The first-order valence-electron chi connectivity index (χ1n) is 7.82. The first kappa shape index (κ1) is 17.7. The van der Waals surface area contributed by atoms with Crippen LogP contribution < -0.4 is 0 Å². The summed E-state index contributed by atoms with van der Waals surface area (Å²) in [4.78, 5) is 26.1. The summed E-state index contributed by atoms with van der Waals surface area (Å²) < 4.78 is 0. The molecule has 5 nitrogen and oxygen atoms in total. The molecular formula is C17H24N2O3S. The number of amides is 1. The average Bonchev–Trinajstić information content (AvgIpc) is 3.13. The number of thiophene rings is 1. The maximum atomic E-state index is 12.1. The van der Waals surface area contributed by atoms with E-state index in [-0.39, 0.29) is 12.4 Å². The molecule has 0 bridgehead atoms. The van der Waals surface area contributed by atoms with Gasteiger partial charge in [-0.3, -0.25) is 9.59 Å². The lowest BCUT2D eigenvalue weighted by Gasteiger charge is -2.48. The molecule has 23 heavy (non-hydrogen) atoms. The number of hydrogen-bond donors (Lipinski definition) is 1. The van der Waals surface area contributed by atoms with Crippen LogP contribution in [0.25, 0.3) is 6.08 Å². The third kappa shape index (κ3) is 4.42. The molecule has 1 amide bonds. The van der Waals surface area contributed by atoms with Gasteiger partial charge in [0.2, 0.25) is 5.91 Å². The monoisotopic (exact) mass is 336 g/mol. The predicted octanol–water partition coefficient (Wildman–Crippen LogP) is 2.40. The lowest BCUT2D eigenvalue weighted by molar-refractivity contribution is -0.137. The van der Waals surface area contributed by atoms with E-state index in [0.717, 1.165) is 24.5 Å². The quantitative estimate of drug-likeness (QED) is 0.680. The van der Waals surface area contributed by atoms with E-state index in [1.807, 2.05) is 28.5 Å². The van der Waals surface area contributed by atoms with Gasteiger partial charge < -0.3 is 14.9 Å². The van der Waals surface area contributed by atoms with Crippen LogP contribution >= 0.6 is 11.3 Å². The van der Waals surface area contributed by atoms with E-state index in [0.29, 0.717) is 11.5 Å². The van der Waals surface area contributed by atoms with Gasteiger partial charge in [-0.1, -0.05) is 6.07 Å². The second-order valence-electron chi connectivity index (χ2n) is 6.46. The van der Waals surface area contributed by atoms with E-state index >= 15 is 0 Å². The number of carboxylic acid groups (broad SMARTS) is 1. The number of carbonyl (C=O) groups excluding carboxylic acids is 1. The molecule has 1 N–H and O–H groups in total. The van der Waals surface area contributed by atoms with Crippen LogP contribution in [-0.4, -0.2) is 59.5 Å². The lowest BCUT2D eigenvalue weighted by atomic mass is 9.79. The van der Waals surface area contributed by atoms with Crippen molar-refractivity contribution in [2.45, 2.75) is 26.3 Å². The highest BCUT2D eigenvalue weighted by Gasteiger charge is 2.48. The largest absolute Gasteiger partial charge is 0.483 e. The zero-order valence-electron chi connectivity index (χ0n) is 13.6. The van der Waals surface area contributed by atoms with Crippen LogP contribution in [0.5, 0.6) is 0 Å². The summed E-state index contributed by atoms with van der Waals surface area (Å²) in [7, 11) is 0. The average molecular weight is 336 g/mol. The number of nitrogens with zero attached hydrogens (tertiary/aromatic N) is 2. The Hall–Kier alpha value is -1.66. The van der Waals surface area contributed by atoms with Crippen molar-refractivity contribution in [2.24, 2.45) is 5.41 Å². The molecular weight excluding hydrogens is 312 g/mol.